The van der Waals surface area contributed by atoms with Crippen molar-refractivity contribution in [3.8, 4) is 11.5 Å². The maximum Gasteiger partial charge on any atom is 0.234 e. The number of benzene rings is 1. The van der Waals surface area contributed by atoms with Crippen molar-refractivity contribution in [2.24, 2.45) is 0 Å². The van der Waals surface area contributed by atoms with Gasteiger partial charge in [-0.05, 0) is 38.1 Å². The summed E-state index contributed by atoms with van der Waals surface area (Å²) in [7, 11) is 3.38. The second-order valence-electron chi connectivity index (χ2n) is 5.29. The largest absolute Gasteiger partial charge is 0.493 e. The Hall–Kier alpha value is -1.46. The van der Waals surface area contributed by atoms with E-state index in [2.05, 4.69) is 17.6 Å². The zero-order valence-corrected chi connectivity index (χ0v) is 15.3. The van der Waals surface area contributed by atoms with Gasteiger partial charge in [0.2, 0.25) is 5.91 Å². The van der Waals surface area contributed by atoms with E-state index in [0.717, 1.165) is 24.2 Å². The average molecular weight is 345 g/mol. The molecule has 0 radical (unpaired) electrons. The number of hydrogen-bond donors (Lipinski definition) is 2. The van der Waals surface area contributed by atoms with Crippen LogP contribution in [-0.2, 0) is 4.79 Å². The van der Waals surface area contributed by atoms with Crippen LogP contribution in [0.25, 0.3) is 0 Å². The normalized spacial score (nSPS) is 11.3. The van der Waals surface area contributed by atoms with Gasteiger partial charge in [0.25, 0.3) is 0 Å². The van der Waals surface area contributed by atoms with Crippen LogP contribution in [-0.4, -0.2) is 33.2 Å². The van der Waals surface area contributed by atoms with Crippen LogP contribution < -0.4 is 20.1 Å². The molecule has 0 aliphatic rings. The summed E-state index contributed by atoms with van der Waals surface area (Å²) in [5.74, 6) is 1.41. The molecule has 0 spiro atoms. The topological polar surface area (TPSA) is 59.6 Å². The van der Waals surface area contributed by atoms with Gasteiger partial charge in [-0.2, -0.15) is 0 Å². The lowest BCUT2D eigenvalue weighted by Gasteiger charge is -2.17. The summed E-state index contributed by atoms with van der Waals surface area (Å²) in [6.45, 7) is 5.11. The van der Waals surface area contributed by atoms with E-state index >= 15 is 0 Å². The van der Waals surface area contributed by atoms with Crippen LogP contribution in [0.15, 0.2) is 18.2 Å². The maximum atomic E-state index is 11.6. The first-order chi connectivity index (χ1) is 10.6. The number of unbranched alkanes of at least 4 members (excludes halogenated alkanes) is 2. The first-order valence-corrected chi connectivity index (χ1v) is 7.87. The molecule has 5 nitrogen and oxygen atoms in total. The van der Waals surface area contributed by atoms with Crippen LogP contribution in [0.4, 0.5) is 0 Å². The van der Waals surface area contributed by atoms with E-state index in [0.29, 0.717) is 18.9 Å². The standard InChI is InChI=1S/C17H28N2O3.ClH/c1-5-6-7-10-22-15-9-8-14(11-16(15)21-4)13(2)19-17(20)12-18-3;/h8-9,11,13,18H,5-7,10,12H2,1-4H3,(H,19,20);1H. The molecule has 0 heterocycles. The smallest absolute Gasteiger partial charge is 0.234 e. The highest BCUT2D eigenvalue weighted by atomic mass is 35.5. The van der Waals surface area contributed by atoms with Crippen molar-refractivity contribution >= 4 is 18.3 Å². The number of ether oxygens (including phenoxy) is 2. The summed E-state index contributed by atoms with van der Waals surface area (Å²) in [6.07, 6.45) is 3.37. The van der Waals surface area contributed by atoms with Gasteiger partial charge in [-0.25, -0.2) is 0 Å². The lowest BCUT2D eigenvalue weighted by molar-refractivity contribution is -0.120. The Bertz CT molecular complexity index is 469. The molecule has 1 amide bonds. The minimum Gasteiger partial charge on any atom is -0.493 e. The van der Waals surface area contributed by atoms with Crippen molar-refractivity contribution in [3.05, 3.63) is 23.8 Å². The molecule has 0 aliphatic heterocycles. The molecular weight excluding hydrogens is 316 g/mol. The highest BCUT2D eigenvalue weighted by Gasteiger charge is 2.12. The van der Waals surface area contributed by atoms with Gasteiger partial charge >= 0.3 is 0 Å². The Kier molecular flexibility index (Phi) is 11.3. The lowest BCUT2D eigenvalue weighted by Crippen LogP contribution is -2.33. The van der Waals surface area contributed by atoms with Gasteiger partial charge in [-0.15, -0.1) is 12.4 Å². The summed E-state index contributed by atoms with van der Waals surface area (Å²) in [4.78, 5) is 11.6. The highest BCUT2D eigenvalue weighted by Crippen LogP contribution is 2.30. The van der Waals surface area contributed by atoms with Crippen molar-refractivity contribution in [3.63, 3.8) is 0 Å². The van der Waals surface area contributed by atoms with Crippen molar-refractivity contribution in [2.75, 3.05) is 27.3 Å². The average Bonchev–Trinajstić information content (AvgIpc) is 2.51. The van der Waals surface area contributed by atoms with Crippen molar-refractivity contribution in [2.45, 2.75) is 39.2 Å². The number of rotatable bonds is 10. The number of methoxy groups -OCH3 is 1. The van der Waals surface area contributed by atoms with E-state index in [1.54, 1.807) is 14.2 Å². The Morgan fingerprint density at radius 2 is 2.00 bits per heavy atom. The molecular formula is C17H29ClN2O3. The van der Waals surface area contributed by atoms with E-state index in [1.165, 1.54) is 6.42 Å². The quantitative estimate of drug-likeness (QED) is 0.640. The minimum atomic E-state index is -0.0797. The molecule has 1 rings (SSSR count). The molecule has 1 unspecified atom stereocenters. The van der Waals surface area contributed by atoms with Crippen molar-refractivity contribution in [1.82, 2.24) is 10.6 Å². The highest BCUT2D eigenvalue weighted by molar-refractivity contribution is 5.85. The van der Waals surface area contributed by atoms with Crippen LogP contribution in [0.2, 0.25) is 0 Å². The fourth-order valence-electron chi connectivity index (χ4n) is 2.14. The number of halogens is 1. The fraction of sp³-hybridized carbons (Fsp3) is 0.588. The van der Waals surface area contributed by atoms with Crippen molar-refractivity contribution in [1.29, 1.82) is 0 Å². The van der Waals surface area contributed by atoms with Gasteiger partial charge in [-0.3, -0.25) is 4.79 Å². The third-order valence-corrected chi connectivity index (χ3v) is 3.41. The third kappa shape index (κ3) is 7.57. The second-order valence-corrected chi connectivity index (χ2v) is 5.29. The third-order valence-electron chi connectivity index (χ3n) is 3.41. The molecule has 6 heteroatoms. The summed E-state index contributed by atoms with van der Waals surface area (Å²) in [5, 5.41) is 5.76. The predicted octanol–water partition coefficient (Wildman–Crippen LogP) is 3.08. The first kappa shape index (κ1) is 21.5. The summed E-state index contributed by atoms with van der Waals surface area (Å²) in [5.41, 5.74) is 0.988. The molecule has 0 aromatic heterocycles. The van der Waals surface area contributed by atoms with Gasteiger partial charge < -0.3 is 20.1 Å². The van der Waals surface area contributed by atoms with Crippen LogP contribution in [0.3, 0.4) is 0 Å². The first-order valence-electron chi connectivity index (χ1n) is 7.87. The number of carbonyl (C=O) groups excluding carboxylic acids is 1. The maximum absolute atomic E-state index is 11.6. The molecule has 0 bridgehead atoms. The lowest BCUT2D eigenvalue weighted by atomic mass is 10.1. The van der Waals surface area contributed by atoms with Crippen LogP contribution in [0, 0.1) is 0 Å². The molecule has 23 heavy (non-hydrogen) atoms. The fourth-order valence-corrected chi connectivity index (χ4v) is 2.14. The Balaban J connectivity index is 0.00000484. The number of amides is 1. The molecule has 132 valence electrons. The zero-order chi connectivity index (χ0) is 16.4. The molecule has 1 aromatic rings. The van der Waals surface area contributed by atoms with Gasteiger partial charge in [0.1, 0.15) is 0 Å². The monoisotopic (exact) mass is 344 g/mol. The van der Waals surface area contributed by atoms with E-state index in [4.69, 9.17) is 9.47 Å². The molecule has 0 fully saturated rings. The number of carbonyl (C=O) groups is 1. The zero-order valence-electron chi connectivity index (χ0n) is 14.5. The van der Waals surface area contributed by atoms with E-state index in [-0.39, 0.29) is 24.4 Å². The molecule has 1 aromatic carbocycles. The van der Waals surface area contributed by atoms with E-state index in [9.17, 15) is 4.79 Å². The van der Waals surface area contributed by atoms with Gasteiger partial charge in [-0.1, -0.05) is 25.8 Å². The van der Waals surface area contributed by atoms with Gasteiger partial charge in [0.05, 0.1) is 26.3 Å². The Labute approximate surface area is 145 Å². The van der Waals surface area contributed by atoms with Crippen LogP contribution >= 0.6 is 12.4 Å². The van der Waals surface area contributed by atoms with Gasteiger partial charge in [0.15, 0.2) is 11.5 Å². The molecule has 0 saturated carbocycles. The minimum absolute atomic E-state index is 0. The number of nitrogens with one attached hydrogen (secondary N) is 2. The van der Waals surface area contributed by atoms with Gasteiger partial charge in [0, 0.05) is 0 Å². The SMILES string of the molecule is CCCCCOc1ccc(C(C)NC(=O)CNC)cc1OC.Cl. The van der Waals surface area contributed by atoms with E-state index in [1.807, 2.05) is 25.1 Å². The summed E-state index contributed by atoms with van der Waals surface area (Å²) < 4.78 is 11.2. The number of likely N-dealkylation sites (N-methyl/N-ethyl adjacent to an activating group) is 1. The summed E-state index contributed by atoms with van der Waals surface area (Å²) in [6, 6.07) is 5.70. The van der Waals surface area contributed by atoms with Crippen molar-refractivity contribution < 1.29 is 14.3 Å². The van der Waals surface area contributed by atoms with Crippen LogP contribution in [0.1, 0.15) is 44.7 Å². The Morgan fingerprint density at radius 1 is 1.26 bits per heavy atom. The van der Waals surface area contributed by atoms with E-state index < -0.39 is 0 Å². The molecule has 0 saturated heterocycles. The molecule has 1 atom stereocenters. The number of hydrogen-bond acceptors (Lipinski definition) is 4. The Morgan fingerprint density at radius 3 is 2.61 bits per heavy atom. The second kappa shape index (κ2) is 12.0. The predicted molar refractivity (Wildman–Crippen MR) is 95.7 cm³/mol. The van der Waals surface area contributed by atoms with Crippen LogP contribution in [0.5, 0.6) is 11.5 Å². The molecule has 0 aliphatic carbocycles. The summed E-state index contributed by atoms with van der Waals surface area (Å²) >= 11 is 0. The molecule has 2 N–H and O–H groups in total.